The fourth-order valence-electron chi connectivity index (χ4n) is 3.00. The summed E-state index contributed by atoms with van der Waals surface area (Å²) in [6.07, 6.45) is 0. The molecule has 0 heterocycles. The molecule has 1 amide bonds. The number of nitrogens with one attached hydrogen (secondary N) is 2. The van der Waals surface area contributed by atoms with Gasteiger partial charge in [0.1, 0.15) is 5.75 Å². The topological polar surface area (TPSA) is 84.5 Å². The van der Waals surface area contributed by atoms with Gasteiger partial charge in [0.15, 0.2) is 6.61 Å². The predicted molar refractivity (Wildman–Crippen MR) is 131 cm³/mol. The molecule has 8 heteroatoms. The molecule has 3 aromatic rings. The van der Waals surface area contributed by atoms with E-state index in [-0.39, 0.29) is 22.8 Å². The molecule has 0 aliphatic rings. The van der Waals surface area contributed by atoms with Crippen molar-refractivity contribution >= 4 is 43.2 Å². The molecule has 32 heavy (non-hydrogen) atoms. The van der Waals surface area contributed by atoms with E-state index in [1.54, 1.807) is 24.3 Å². The van der Waals surface area contributed by atoms with E-state index < -0.39 is 10.0 Å². The molecule has 0 fully saturated rings. The van der Waals surface area contributed by atoms with Gasteiger partial charge < -0.3 is 10.1 Å². The lowest BCUT2D eigenvalue weighted by Crippen LogP contribution is -2.22. The number of carbonyl (C=O) groups excluding carboxylic acids is 1. The lowest BCUT2D eigenvalue weighted by molar-refractivity contribution is -0.118. The van der Waals surface area contributed by atoms with E-state index in [1.165, 1.54) is 24.3 Å². The summed E-state index contributed by atoms with van der Waals surface area (Å²) in [5.41, 5.74) is 1.84. The number of rotatable bonds is 7. The van der Waals surface area contributed by atoms with Gasteiger partial charge in [0.25, 0.3) is 15.9 Å². The van der Waals surface area contributed by atoms with Crippen LogP contribution in [0.4, 0.5) is 11.4 Å². The van der Waals surface area contributed by atoms with Crippen LogP contribution in [0.5, 0.6) is 5.75 Å². The maximum atomic E-state index is 12.6. The van der Waals surface area contributed by atoms with Gasteiger partial charge in [0, 0.05) is 15.8 Å². The van der Waals surface area contributed by atoms with Gasteiger partial charge in [0.05, 0.1) is 4.90 Å². The van der Waals surface area contributed by atoms with E-state index in [2.05, 4.69) is 46.7 Å². The first-order valence-electron chi connectivity index (χ1n) is 9.95. The molecule has 6 nitrogen and oxygen atoms in total. The van der Waals surface area contributed by atoms with Gasteiger partial charge in [0.2, 0.25) is 0 Å². The quantitative estimate of drug-likeness (QED) is 0.430. The maximum absolute atomic E-state index is 12.6. The summed E-state index contributed by atoms with van der Waals surface area (Å²) in [6.45, 7) is 6.08. The Balaban J connectivity index is 1.61. The third-order valence-corrected chi connectivity index (χ3v) is 6.52. The Morgan fingerprint density at radius 2 is 1.50 bits per heavy atom. The molecule has 0 spiro atoms. The number of hydrogen-bond acceptors (Lipinski definition) is 4. The Hall–Kier alpha value is -2.84. The first kappa shape index (κ1) is 23.8. The van der Waals surface area contributed by atoms with Crippen LogP contribution in [0.2, 0.25) is 0 Å². The van der Waals surface area contributed by atoms with Gasteiger partial charge in [-0.2, -0.15) is 0 Å². The highest BCUT2D eigenvalue weighted by atomic mass is 79.9. The zero-order valence-electron chi connectivity index (χ0n) is 18.1. The number of sulfonamides is 1. The van der Waals surface area contributed by atoms with Crippen LogP contribution in [-0.4, -0.2) is 20.9 Å². The molecule has 168 valence electrons. The van der Waals surface area contributed by atoms with Gasteiger partial charge in [-0.05, 0) is 65.6 Å². The minimum absolute atomic E-state index is 0.0915. The molecule has 0 aromatic heterocycles. The molecular formula is C24H25BrN2O4S. The van der Waals surface area contributed by atoms with Crippen molar-refractivity contribution in [3.63, 3.8) is 0 Å². The Morgan fingerprint density at radius 3 is 2.12 bits per heavy atom. The average Bonchev–Trinajstić information content (AvgIpc) is 2.74. The molecule has 0 bridgehead atoms. The summed E-state index contributed by atoms with van der Waals surface area (Å²) in [4.78, 5) is 12.4. The number of amides is 1. The van der Waals surface area contributed by atoms with Crippen molar-refractivity contribution in [1.29, 1.82) is 0 Å². The fraction of sp³-hybridized carbons (Fsp3) is 0.208. The second-order valence-electron chi connectivity index (χ2n) is 8.22. The molecule has 3 aromatic carbocycles. The van der Waals surface area contributed by atoms with Crippen LogP contribution in [0.3, 0.4) is 0 Å². The zero-order chi connectivity index (χ0) is 23.4. The minimum Gasteiger partial charge on any atom is -0.483 e. The third-order valence-electron chi connectivity index (χ3n) is 4.60. The SMILES string of the molecule is CC(C)(C)c1ccccc1OCC(=O)Nc1ccc(S(=O)(=O)Nc2ccc(Br)cc2)cc1. The Morgan fingerprint density at radius 1 is 0.906 bits per heavy atom. The van der Waals surface area contributed by atoms with Crippen LogP contribution in [0.1, 0.15) is 26.3 Å². The number of carbonyl (C=O) groups is 1. The Labute approximate surface area is 197 Å². The van der Waals surface area contributed by atoms with Crippen LogP contribution in [0.25, 0.3) is 0 Å². The number of benzene rings is 3. The summed E-state index contributed by atoms with van der Waals surface area (Å²) >= 11 is 3.31. The van der Waals surface area contributed by atoms with Crippen LogP contribution < -0.4 is 14.8 Å². The van der Waals surface area contributed by atoms with Gasteiger partial charge >= 0.3 is 0 Å². The van der Waals surface area contributed by atoms with E-state index >= 15 is 0 Å². The number of para-hydroxylation sites is 1. The smallest absolute Gasteiger partial charge is 0.262 e. The molecule has 0 saturated heterocycles. The summed E-state index contributed by atoms with van der Waals surface area (Å²) in [5, 5.41) is 2.72. The largest absolute Gasteiger partial charge is 0.483 e. The first-order valence-corrected chi connectivity index (χ1v) is 12.2. The van der Waals surface area contributed by atoms with Gasteiger partial charge in [-0.25, -0.2) is 8.42 Å². The van der Waals surface area contributed by atoms with Crippen molar-refractivity contribution in [3.05, 3.63) is 82.8 Å². The molecule has 0 radical (unpaired) electrons. The molecule has 0 aliphatic carbocycles. The van der Waals surface area contributed by atoms with Gasteiger partial charge in [-0.1, -0.05) is 54.9 Å². The second kappa shape index (κ2) is 9.75. The van der Waals surface area contributed by atoms with Crippen LogP contribution in [0, 0.1) is 0 Å². The summed E-state index contributed by atoms with van der Waals surface area (Å²) in [6, 6.07) is 20.4. The van der Waals surface area contributed by atoms with Crippen LogP contribution in [-0.2, 0) is 20.2 Å². The van der Waals surface area contributed by atoms with Crippen LogP contribution in [0.15, 0.2) is 82.2 Å². The second-order valence-corrected chi connectivity index (χ2v) is 10.8. The van der Waals surface area contributed by atoms with Crippen molar-refractivity contribution in [2.24, 2.45) is 0 Å². The molecule has 3 rings (SSSR count). The number of ether oxygens (including phenoxy) is 1. The van der Waals surface area contributed by atoms with Crippen molar-refractivity contribution in [2.75, 3.05) is 16.6 Å². The Bertz CT molecular complexity index is 1190. The highest BCUT2D eigenvalue weighted by Gasteiger charge is 2.19. The number of halogens is 1. The third kappa shape index (κ3) is 6.34. The number of hydrogen-bond donors (Lipinski definition) is 2. The maximum Gasteiger partial charge on any atom is 0.262 e. The van der Waals surface area contributed by atoms with Gasteiger partial charge in [-0.15, -0.1) is 0 Å². The molecule has 0 atom stereocenters. The van der Waals surface area contributed by atoms with E-state index in [0.717, 1.165) is 10.0 Å². The first-order chi connectivity index (χ1) is 15.0. The van der Waals surface area contributed by atoms with E-state index in [9.17, 15) is 13.2 Å². The predicted octanol–water partition coefficient (Wildman–Crippen LogP) is 5.56. The van der Waals surface area contributed by atoms with Crippen molar-refractivity contribution in [1.82, 2.24) is 0 Å². The highest BCUT2D eigenvalue weighted by Crippen LogP contribution is 2.31. The van der Waals surface area contributed by atoms with Crippen molar-refractivity contribution in [3.8, 4) is 5.75 Å². The normalized spacial score (nSPS) is 11.6. The average molecular weight is 517 g/mol. The lowest BCUT2D eigenvalue weighted by Gasteiger charge is -2.22. The monoisotopic (exact) mass is 516 g/mol. The number of anilines is 2. The summed E-state index contributed by atoms with van der Waals surface area (Å²) < 4.78 is 34.2. The van der Waals surface area contributed by atoms with Crippen molar-refractivity contribution in [2.45, 2.75) is 31.1 Å². The van der Waals surface area contributed by atoms with Crippen LogP contribution >= 0.6 is 15.9 Å². The van der Waals surface area contributed by atoms with E-state index in [0.29, 0.717) is 17.1 Å². The molecule has 0 unspecified atom stereocenters. The van der Waals surface area contributed by atoms with E-state index in [4.69, 9.17) is 4.74 Å². The molecular weight excluding hydrogens is 492 g/mol. The van der Waals surface area contributed by atoms with Crippen molar-refractivity contribution < 1.29 is 17.9 Å². The molecule has 2 N–H and O–H groups in total. The zero-order valence-corrected chi connectivity index (χ0v) is 20.5. The minimum atomic E-state index is -3.74. The van der Waals surface area contributed by atoms with Gasteiger partial charge in [-0.3, -0.25) is 9.52 Å². The fourth-order valence-corrected chi connectivity index (χ4v) is 4.32. The Kier molecular flexibility index (Phi) is 7.26. The standard InChI is InChI=1S/C24H25BrN2O4S/c1-24(2,3)21-6-4-5-7-22(21)31-16-23(28)26-18-12-14-20(15-13-18)32(29,30)27-19-10-8-17(25)9-11-19/h4-15,27H,16H2,1-3H3,(H,26,28). The van der Waals surface area contributed by atoms with E-state index in [1.807, 2.05) is 24.3 Å². The highest BCUT2D eigenvalue weighted by molar-refractivity contribution is 9.10. The summed E-state index contributed by atoms with van der Waals surface area (Å²) in [7, 11) is -3.74. The molecule has 0 saturated carbocycles. The molecule has 0 aliphatic heterocycles. The summed E-state index contributed by atoms with van der Waals surface area (Å²) in [5.74, 6) is 0.327. The lowest BCUT2D eigenvalue weighted by atomic mass is 9.86.